The molecule has 0 saturated heterocycles. The van der Waals surface area contributed by atoms with E-state index in [2.05, 4.69) is 21.2 Å². The summed E-state index contributed by atoms with van der Waals surface area (Å²) in [6.45, 7) is 4.36. The Balaban J connectivity index is 1.98. The molecule has 1 amide bonds. The minimum absolute atomic E-state index is 0.0461. The molecule has 0 fully saturated rings. The molecular weight excluding hydrogens is 286 g/mol. The van der Waals surface area contributed by atoms with Gasteiger partial charge in [-0.1, -0.05) is 22.0 Å². The van der Waals surface area contributed by atoms with E-state index in [1.54, 1.807) is 0 Å². The van der Waals surface area contributed by atoms with Gasteiger partial charge in [0, 0.05) is 6.54 Å². The predicted molar refractivity (Wildman–Crippen MR) is 67.4 cm³/mol. The number of carbonyl (C=O) groups is 1. The molecule has 1 N–H and O–H groups in total. The van der Waals surface area contributed by atoms with Gasteiger partial charge >= 0.3 is 0 Å². The molecule has 0 radical (unpaired) electrons. The number of ether oxygens (including phenoxy) is 2. The van der Waals surface area contributed by atoms with Crippen molar-refractivity contribution in [3.8, 4) is 11.5 Å². The lowest BCUT2D eigenvalue weighted by Gasteiger charge is -2.15. The van der Waals surface area contributed by atoms with Gasteiger partial charge in [0.05, 0.1) is 4.32 Å². The van der Waals surface area contributed by atoms with Crippen LogP contribution in [0.25, 0.3) is 0 Å². The number of hydrogen-bond donors (Lipinski definition) is 1. The molecule has 5 heteroatoms. The zero-order valence-corrected chi connectivity index (χ0v) is 11.3. The van der Waals surface area contributed by atoms with Gasteiger partial charge in [-0.25, -0.2) is 0 Å². The number of nitrogens with one attached hydrogen (secondary N) is 1. The first-order valence-corrected chi connectivity index (χ1v) is 6.12. The minimum Gasteiger partial charge on any atom is -0.454 e. The van der Waals surface area contributed by atoms with Crippen LogP contribution >= 0.6 is 15.9 Å². The molecule has 0 unspecified atom stereocenters. The summed E-state index contributed by atoms with van der Waals surface area (Å²) < 4.78 is 9.93. The minimum atomic E-state index is -0.552. The summed E-state index contributed by atoms with van der Waals surface area (Å²) in [4.78, 5) is 11.7. The number of rotatable bonds is 3. The zero-order valence-electron chi connectivity index (χ0n) is 9.75. The van der Waals surface area contributed by atoms with Crippen molar-refractivity contribution in [2.24, 2.45) is 0 Å². The van der Waals surface area contributed by atoms with Crippen LogP contribution in [0.15, 0.2) is 18.2 Å². The average molecular weight is 300 g/mol. The molecule has 0 bridgehead atoms. The third kappa shape index (κ3) is 2.91. The standard InChI is InChI=1S/C12H14BrNO3/c1-12(2,13)11(15)14-6-8-3-4-9-10(5-8)17-7-16-9/h3-5H,6-7H2,1-2H3,(H,14,15). The lowest BCUT2D eigenvalue weighted by Crippen LogP contribution is -2.36. The average Bonchev–Trinajstić information content (AvgIpc) is 2.71. The number of benzene rings is 1. The maximum absolute atomic E-state index is 11.7. The second-order valence-electron chi connectivity index (χ2n) is 4.34. The third-order valence-electron chi connectivity index (χ3n) is 2.43. The van der Waals surface area contributed by atoms with E-state index in [1.807, 2.05) is 32.0 Å². The Morgan fingerprint density at radius 1 is 1.41 bits per heavy atom. The highest BCUT2D eigenvalue weighted by Crippen LogP contribution is 2.32. The van der Waals surface area contributed by atoms with Crippen molar-refractivity contribution in [2.45, 2.75) is 24.7 Å². The number of halogens is 1. The van der Waals surface area contributed by atoms with Gasteiger partial charge in [0.1, 0.15) is 0 Å². The van der Waals surface area contributed by atoms with Crippen LogP contribution in [0.5, 0.6) is 11.5 Å². The highest BCUT2D eigenvalue weighted by Gasteiger charge is 2.23. The van der Waals surface area contributed by atoms with Crippen LogP contribution in [0.3, 0.4) is 0 Å². The maximum atomic E-state index is 11.7. The molecule has 92 valence electrons. The zero-order chi connectivity index (χ0) is 12.5. The fourth-order valence-electron chi connectivity index (χ4n) is 1.44. The third-order valence-corrected chi connectivity index (χ3v) is 2.79. The number of hydrogen-bond acceptors (Lipinski definition) is 3. The van der Waals surface area contributed by atoms with Crippen molar-refractivity contribution in [3.05, 3.63) is 23.8 Å². The summed E-state index contributed by atoms with van der Waals surface area (Å²) in [7, 11) is 0. The molecule has 1 aromatic rings. The van der Waals surface area contributed by atoms with Gasteiger partial charge in [-0.2, -0.15) is 0 Å². The Labute approximate surface area is 108 Å². The molecule has 4 nitrogen and oxygen atoms in total. The Bertz CT molecular complexity index is 440. The van der Waals surface area contributed by atoms with E-state index in [-0.39, 0.29) is 12.7 Å². The highest BCUT2D eigenvalue weighted by atomic mass is 79.9. The fourth-order valence-corrected chi connectivity index (χ4v) is 1.58. The van der Waals surface area contributed by atoms with Gasteiger partial charge < -0.3 is 14.8 Å². The van der Waals surface area contributed by atoms with Crippen molar-refractivity contribution in [1.82, 2.24) is 5.32 Å². The molecule has 0 saturated carbocycles. The van der Waals surface area contributed by atoms with Gasteiger partial charge in [0.2, 0.25) is 12.7 Å². The summed E-state index contributed by atoms with van der Waals surface area (Å²) in [5.41, 5.74) is 0.986. The second-order valence-corrected chi connectivity index (χ2v) is 6.33. The molecule has 0 aromatic heterocycles. The Morgan fingerprint density at radius 2 is 2.12 bits per heavy atom. The molecule has 0 spiro atoms. The Morgan fingerprint density at radius 3 is 2.82 bits per heavy atom. The van der Waals surface area contributed by atoms with Crippen LogP contribution in [0.4, 0.5) is 0 Å². The summed E-state index contributed by atoms with van der Waals surface area (Å²) in [5, 5.41) is 2.85. The van der Waals surface area contributed by atoms with Gasteiger partial charge in [-0.05, 0) is 31.5 Å². The van der Waals surface area contributed by atoms with E-state index < -0.39 is 4.32 Å². The fraction of sp³-hybridized carbons (Fsp3) is 0.417. The molecule has 0 atom stereocenters. The normalized spacial score (nSPS) is 13.6. The summed E-state index contributed by atoms with van der Waals surface area (Å²) in [5.74, 6) is 1.44. The lowest BCUT2D eigenvalue weighted by molar-refractivity contribution is -0.122. The van der Waals surface area contributed by atoms with Crippen LogP contribution in [0.1, 0.15) is 19.4 Å². The Hall–Kier alpha value is -1.23. The summed E-state index contributed by atoms with van der Waals surface area (Å²) in [6.07, 6.45) is 0. The van der Waals surface area contributed by atoms with Crippen molar-refractivity contribution >= 4 is 21.8 Å². The van der Waals surface area contributed by atoms with Crippen molar-refractivity contribution in [2.75, 3.05) is 6.79 Å². The molecular formula is C12H14BrNO3. The van der Waals surface area contributed by atoms with Crippen LogP contribution < -0.4 is 14.8 Å². The van der Waals surface area contributed by atoms with Crippen molar-refractivity contribution in [1.29, 1.82) is 0 Å². The second kappa shape index (κ2) is 4.56. The first-order chi connectivity index (χ1) is 7.97. The molecule has 17 heavy (non-hydrogen) atoms. The van der Waals surface area contributed by atoms with Crippen LogP contribution in [0.2, 0.25) is 0 Å². The molecule has 1 heterocycles. The van der Waals surface area contributed by atoms with Crippen LogP contribution in [0, 0.1) is 0 Å². The summed E-state index contributed by atoms with van der Waals surface area (Å²) in [6, 6.07) is 5.64. The smallest absolute Gasteiger partial charge is 0.236 e. The number of fused-ring (bicyclic) bond motifs is 1. The van der Waals surface area contributed by atoms with Gasteiger partial charge in [0.25, 0.3) is 0 Å². The monoisotopic (exact) mass is 299 g/mol. The molecule has 2 rings (SSSR count). The van der Waals surface area contributed by atoms with Crippen molar-refractivity contribution in [3.63, 3.8) is 0 Å². The van der Waals surface area contributed by atoms with E-state index in [0.717, 1.165) is 17.1 Å². The highest BCUT2D eigenvalue weighted by molar-refractivity contribution is 9.10. The molecule has 1 aliphatic heterocycles. The first-order valence-electron chi connectivity index (χ1n) is 5.32. The summed E-state index contributed by atoms with van der Waals surface area (Å²) >= 11 is 3.31. The van der Waals surface area contributed by atoms with Crippen LogP contribution in [-0.4, -0.2) is 17.0 Å². The first kappa shape index (κ1) is 12.2. The molecule has 1 aromatic carbocycles. The van der Waals surface area contributed by atoms with E-state index in [1.165, 1.54) is 0 Å². The van der Waals surface area contributed by atoms with Gasteiger partial charge in [-0.15, -0.1) is 0 Å². The maximum Gasteiger partial charge on any atom is 0.236 e. The van der Waals surface area contributed by atoms with Gasteiger partial charge in [0.15, 0.2) is 11.5 Å². The largest absolute Gasteiger partial charge is 0.454 e. The molecule has 1 aliphatic rings. The predicted octanol–water partition coefficient (Wildman–Crippen LogP) is 2.21. The van der Waals surface area contributed by atoms with E-state index in [9.17, 15) is 4.79 Å². The SMILES string of the molecule is CC(C)(Br)C(=O)NCc1ccc2c(c1)OCO2. The molecule has 0 aliphatic carbocycles. The van der Waals surface area contributed by atoms with Crippen LogP contribution in [-0.2, 0) is 11.3 Å². The number of amides is 1. The lowest BCUT2D eigenvalue weighted by atomic mass is 10.1. The van der Waals surface area contributed by atoms with E-state index in [0.29, 0.717) is 6.54 Å². The topological polar surface area (TPSA) is 47.6 Å². The van der Waals surface area contributed by atoms with Crippen molar-refractivity contribution < 1.29 is 14.3 Å². The number of alkyl halides is 1. The number of carbonyl (C=O) groups excluding carboxylic acids is 1. The van der Waals surface area contributed by atoms with Gasteiger partial charge in [-0.3, -0.25) is 4.79 Å². The van der Waals surface area contributed by atoms with E-state index in [4.69, 9.17) is 9.47 Å². The van der Waals surface area contributed by atoms with E-state index >= 15 is 0 Å². The quantitative estimate of drug-likeness (QED) is 0.871. The Kier molecular flexibility index (Phi) is 3.28.